The van der Waals surface area contributed by atoms with Crippen LogP contribution in [0.25, 0.3) is 5.76 Å². The van der Waals surface area contributed by atoms with E-state index < -0.39 is 28.4 Å². The Bertz CT molecular complexity index is 1080. The van der Waals surface area contributed by atoms with Gasteiger partial charge < -0.3 is 19.8 Å². The average molecular weight is 440 g/mol. The number of ether oxygens (including phenoxy) is 1. The number of ketones is 1. The highest BCUT2D eigenvalue weighted by molar-refractivity contribution is 6.46. The Balaban J connectivity index is 2.16. The Morgan fingerprint density at radius 1 is 1.16 bits per heavy atom. The van der Waals surface area contributed by atoms with E-state index in [9.17, 15) is 29.9 Å². The summed E-state index contributed by atoms with van der Waals surface area (Å²) in [6, 6.07) is 8.70. The van der Waals surface area contributed by atoms with Crippen molar-refractivity contribution in [3.8, 4) is 11.5 Å². The van der Waals surface area contributed by atoms with Gasteiger partial charge in [-0.3, -0.25) is 19.7 Å². The summed E-state index contributed by atoms with van der Waals surface area (Å²) in [7, 11) is 0. The van der Waals surface area contributed by atoms with Crippen LogP contribution in [0.4, 0.5) is 5.69 Å². The number of nitro groups is 1. The fourth-order valence-electron chi connectivity index (χ4n) is 3.65. The molecular weight excluding hydrogens is 416 g/mol. The highest BCUT2D eigenvalue weighted by Crippen LogP contribution is 2.42. The van der Waals surface area contributed by atoms with E-state index in [1.54, 1.807) is 13.0 Å². The number of aromatic hydroxyl groups is 1. The quantitative estimate of drug-likeness (QED) is 0.209. The number of nitrogens with zero attached hydrogens (tertiary/aromatic N) is 2. The molecule has 0 aliphatic carbocycles. The van der Waals surface area contributed by atoms with E-state index in [0.717, 1.165) is 6.42 Å². The number of rotatable bonds is 8. The molecule has 168 valence electrons. The van der Waals surface area contributed by atoms with Crippen LogP contribution in [0.2, 0.25) is 0 Å². The lowest BCUT2D eigenvalue weighted by Gasteiger charge is -2.25. The molecule has 2 N–H and O–H groups in total. The summed E-state index contributed by atoms with van der Waals surface area (Å²) in [6.45, 7) is 4.31. The highest BCUT2D eigenvalue weighted by Gasteiger charge is 2.46. The topological polar surface area (TPSA) is 130 Å². The SMILES string of the molecule is CCCCN1C(=O)C(=O)/C(=C(\O)c2ccc([N+](=O)[O-])cc2)C1c1ccc(O)c(OCC)c1. The van der Waals surface area contributed by atoms with Crippen LogP contribution in [0.5, 0.6) is 11.5 Å². The summed E-state index contributed by atoms with van der Waals surface area (Å²) in [5, 5.41) is 31.9. The van der Waals surface area contributed by atoms with Gasteiger partial charge in [-0.2, -0.15) is 0 Å². The minimum Gasteiger partial charge on any atom is -0.507 e. The van der Waals surface area contributed by atoms with Crippen LogP contribution in [0, 0.1) is 10.1 Å². The van der Waals surface area contributed by atoms with Crippen molar-refractivity contribution in [2.24, 2.45) is 0 Å². The van der Waals surface area contributed by atoms with Crippen LogP contribution in [-0.4, -0.2) is 44.9 Å². The van der Waals surface area contributed by atoms with Gasteiger partial charge >= 0.3 is 0 Å². The van der Waals surface area contributed by atoms with Gasteiger partial charge in [-0.15, -0.1) is 0 Å². The van der Waals surface area contributed by atoms with Crippen molar-refractivity contribution in [2.75, 3.05) is 13.2 Å². The number of hydrogen-bond donors (Lipinski definition) is 2. The number of Topliss-reactive ketones (excluding diaryl/α,β-unsaturated/α-hetero) is 1. The second-order valence-electron chi connectivity index (χ2n) is 7.31. The average Bonchev–Trinajstić information content (AvgIpc) is 3.03. The van der Waals surface area contributed by atoms with E-state index in [2.05, 4.69) is 0 Å². The summed E-state index contributed by atoms with van der Waals surface area (Å²) in [4.78, 5) is 37.5. The number of carbonyl (C=O) groups excluding carboxylic acids is 2. The Hall–Kier alpha value is -3.88. The van der Waals surface area contributed by atoms with E-state index in [1.807, 2.05) is 6.92 Å². The van der Waals surface area contributed by atoms with E-state index >= 15 is 0 Å². The van der Waals surface area contributed by atoms with Crippen molar-refractivity contribution in [2.45, 2.75) is 32.7 Å². The monoisotopic (exact) mass is 440 g/mol. The lowest BCUT2D eigenvalue weighted by Crippen LogP contribution is -2.30. The molecule has 1 heterocycles. The van der Waals surface area contributed by atoms with Gasteiger partial charge in [0.2, 0.25) is 0 Å². The molecule has 1 saturated heterocycles. The molecule has 0 bridgehead atoms. The molecule has 1 unspecified atom stereocenters. The second kappa shape index (κ2) is 9.51. The van der Waals surface area contributed by atoms with Crippen molar-refractivity contribution < 1.29 is 29.5 Å². The Morgan fingerprint density at radius 2 is 1.84 bits per heavy atom. The molecule has 0 radical (unpaired) electrons. The van der Waals surface area contributed by atoms with Crippen LogP contribution < -0.4 is 4.74 Å². The number of amides is 1. The standard InChI is InChI=1S/C23H24N2O7/c1-3-5-12-24-20(15-8-11-17(26)18(13-15)32-4-2)19(22(28)23(24)29)21(27)14-6-9-16(10-7-14)25(30)31/h6-11,13,20,26-27H,3-5,12H2,1-2H3/b21-19-. The van der Waals surface area contributed by atoms with Crippen molar-refractivity contribution in [3.63, 3.8) is 0 Å². The number of aliphatic hydroxyl groups is 1. The summed E-state index contributed by atoms with van der Waals surface area (Å²) in [6.07, 6.45) is 1.44. The molecule has 2 aromatic carbocycles. The summed E-state index contributed by atoms with van der Waals surface area (Å²) < 4.78 is 5.44. The van der Waals surface area contributed by atoms with Crippen LogP contribution in [-0.2, 0) is 9.59 Å². The fourth-order valence-corrected chi connectivity index (χ4v) is 3.65. The van der Waals surface area contributed by atoms with Gasteiger partial charge in [0.15, 0.2) is 11.5 Å². The van der Waals surface area contributed by atoms with Gasteiger partial charge in [0.05, 0.1) is 23.1 Å². The lowest BCUT2D eigenvalue weighted by atomic mass is 9.95. The lowest BCUT2D eigenvalue weighted by molar-refractivity contribution is -0.384. The third-order valence-electron chi connectivity index (χ3n) is 5.24. The van der Waals surface area contributed by atoms with Gasteiger partial charge in [-0.05, 0) is 43.2 Å². The number of hydrogen-bond acceptors (Lipinski definition) is 7. The zero-order valence-electron chi connectivity index (χ0n) is 17.8. The molecule has 0 aromatic heterocycles. The molecule has 2 aromatic rings. The number of phenols is 1. The molecule has 1 aliphatic heterocycles. The number of likely N-dealkylation sites (tertiary alicyclic amines) is 1. The van der Waals surface area contributed by atoms with Crippen LogP contribution in [0.3, 0.4) is 0 Å². The number of carbonyl (C=O) groups is 2. The first-order valence-corrected chi connectivity index (χ1v) is 10.3. The molecule has 9 nitrogen and oxygen atoms in total. The van der Waals surface area contributed by atoms with Gasteiger partial charge in [-0.25, -0.2) is 0 Å². The van der Waals surface area contributed by atoms with E-state index in [1.165, 1.54) is 41.3 Å². The molecule has 1 atom stereocenters. The van der Waals surface area contributed by atoms with Crippen molar-refractivity contribution in [3.05, 3.63) is 69.3 Å². The van der Waals surface area contributed by atoms with Crippen molar-refractivity contribution in [1.29, 1.82) is 0 Å². The van der Waals surface area contributed by atoms with Crippen LogP contribution in [0.15, 0.2) is 48.0 Å². The third kappa shape index (κ3) is 4.27. The van der Waals surface area contributed by atoms with Crippen molar-refractivity contribution in [1.82, 2.24) is 4.90 Å². The number of phenolic OH excluding ortho intramolecular Hbond substituents is 1. The van der Waals surface area contributed by atoms with E-state index in [0.29, 0.717) is 25.1 Å². The molecule has 3 rings (SSSR count). The summed E-state index contributed by atoms with van der Waals surface area (Å²) >= 11 is 0. The zero-order chi connectivity index (χ0) is 23.4. The Morgan fingerprint density at radius 3 is 2.44 bits per heavy atom. The van der Waals surface area contributed by atoms with Gasteiger partial charge in [-0.1, -0.05) is 19.4 Å². The van der Waals surface area contributed by atoms with Gasteiger partial charge in [0.1, 0.15) is 5.76 Å². The molecule has 0 saturated carbocycles. The first-order valence-electron chi connectivity index (χ1n) is 10.3. The number of unbranched alkanes of at least 4 members (excludes halogenated alkanes) is 1. The zero-order valence-corrected chi connectivity index (χ0v) is 17.8. The molecule has 0 spiro atoms. The number of benzene rings is 2. The number of non-ortho nitro benzene ring substituents is 1. The largest absolute Gasteiger partial charge is 0.507 e. The van der Waals surface area contributed by atoms with Crippen LogP contribution in [0.1, 0.15) is 43.9 Å². The maximum Gasteiger partial charge on any atom is 0.295 e. The maximum atomic E-state index is 12.9. The molecule has 1 aliphatic rings. The second-order valence-corrected chi connectivity index (χ2v) is 7.31. The Kier molecular flexibility index (Phi) is 6.77. The van der Waals surface area contributed by atoms with E-state index in [4.69, 9.17) is 4.74 Å². The van der Waals surface area contributed by atoms with E-state index in [-0.39, 0.29) is 28.3 Å². The minimum atomic E-state index is -0.892. The molecule has 32 heavy (non-hydrogen) atoms. The molecular formula is C23H24N2O7. The summed E-state index contributed by atoms with van der Waals surface area (Å²) in [5.74, 6) is -1.89. The van der Waals surface area contributed by atoms with Gasteiger partial charge in [0, 0.05) is 24.2 Å². The highest BCUT2D eigenvalue weighted by atomic mass is 16.6. The smallest absolute Gasteiger partial charge is 0.295 e. The summed E-state index contributed by atoms with van der Waals surface area (Å²) in [5.41, 5.74) is 0.386. The van der Waals surface area contributed by atoms with Gasteiger partial charge in [0.25, 0.3) is 17.4 Å². The van der Waals surface area contributed by atoms with Crippen molar-refractivity contribution >= 4 is 23.1 Å². The maximum absolute atomic E-state index is 12.9. The molecule has 1 amide bonds. The number of aliphatic hydroxyl groups excluding tert-OH is 1. The first-order chi connectivity index (χ1) is 15.3. The molecule has 1 fully saturated rings. The Labute approximate surface area is 184 Å². The third-order valence-corrected chi connectivity index (χ3v) is 5.24. The number of nitro benzene ring substituents is 1. The van der Waals surface area contributed by atoms with Crippen LogP contribution >= 0.6 is 0 Å². The first kappa shape index (κ1) is 22.8. The minimum absolute atomic E-state index is 0.0866. The molecule has 9 heteroatoms. The normalized spacial score (nSPS) is 17.6. The fraction of sp³-hybridized carbons (Fsp3) is 0.304. The predicted molar refractivity (Wildman–Crippen MR) is 116 cm³/mol. The predicted octanol–water partition coefficient (Wildman–Crippen LogP) is 3.92.